The molecule has 1 aromatic rings. The molecule has 1 heterocycles. The van der Waals surface area contributed by atoms with Gasteiger partial charge in [-0.05, 0) is 37.8 Å². The topological polar surface area (TPSA) is 90.0 Å². The van der Waals surface area contributed by atoms with E-state index in [0.717, 1.165) is 19.3 Å². The number of hydrogen-bond acceptors (Lipinski definition) is 3. The lowest BCUT2D eigenvalue weighted by Gasteiger charge is -2.34. The second kappa shape index (κ2) is 7.55. The van der Waals surface area contributed by atoms with Crippen molar-refractivity contribution in [3.63, 3.8) is 0 Å². The Morgan fingerprint density at radius 2 is 1.88 bits per heavy atom. The third-order valence-electron chi connectivity index (χ3n) is 4.66. The number of nitrogens with zero attached hydrogens (tertiary/aromatic N) is 2. The van der Waals surface area contributed by atoms with Gasteiger partial charge in [-0.25, -0.2) is 4.79 Å². The van der Waals surface area contributed by atoms with Gasteiger partial charge in [0.15, 0.2) is 0 Å². The number of carboxylic acid groups (broad SMARTS) is 1. The van der Waals surface area contributed by atoms with Crippen molar-refractivity contribution in [3.05, 3.63) is 30.3 Å². The first kappa shape index (κ1) is 17.3. The van der Waals surface area contributed by atoms with Crippen LogP contribution in [0.3, 0.4) is 0 Å². The van der Waals surface area contributed by atoms with E-state index < -0.39 is 5.97 Å². The molecule has 3 amide bonds. The number of benzene rings is 1. The van der Waals surface area contributed by atoms with Crippen molar-refractivity contribution in [3.8, 4) is 0 Å². The summed E-state index contributed by atoms with van der Waals surface area (Å²) in [7, 11) is 0. The number of carboxylic acids is 1. The van der Waals surface area contributed by atoms with Gasteiger partial charge >= 0.3 is 12.0 Å². The van der Waals surface area contributed by atoms with E-state index in [2.05, 4.69) is 5.32 Å². The number of piperidine rings is 1. The average Bonchev–Trinajstić information content (AvgIpc) is 3.45. The molecule has 1 atom stereocenters. The molecule has 1 saturated heterocycles. The molecule has 2 aliphatic rings. The predicted octanol–water partition coefficient (Wildman–Crippen LogP) is 2.01. The lowest BCUT2D eigenvalue weighted by Crippen LogP contribution is -2.49. The Bertz CT molecular complexity index is 645. The van der Waals surface area contributed by atoms with Crippen LogP contribution in [0.15, 0.2) is 30.3 Å². The molecule has 25 heavy (non-hydrogen) atoms. The fourth-order valence-electron chi connectivity index (χ4n) is 3.24. The second-order valence-corrected chi connectivity index (χ2v) is 6.67. The lowest BCUT2D eigenvalue weighted by atomic mass is 9.96. The fraction of sp³-hybridized carbons (Fsp3) is 0.500. The van der Waals surface area contributed by atoms with Gasteiger partial charge in [0, 0.05) is 24.8 Å². The Kier molecular flexibility index (Phi) is 5.21. The number of hydrogen-bond donors (Lipinski definition) is 2. The molecule has 2 fully saturated rings. The van der Waals surface area contributed by atoms with Gasteiger partial charge in [0.2, 0.25) is 5.91 Å². The van der Waals surface area contributed by atoms with Gasteiger partial charge in [-0.15, -0.1) is 0 Å². The van der Waals surface area contributed by atoms with Crippen molar-refractivity contribution in [1.82, 2.24) is 9.80 Å². The van der Waals surface area contributed by atoms with Crippen molar-refractivity contribution in [1.29, 1.82) is 0 Å². The number of para-hydroxylation sites is 1. The average molecular weight is 345 g/mol. The van der Waals surface area contributed by atoms with Crippen LogP contribution in [0.4, 0.5) is 10.5 Å². The van der Waals surface area contributed by atoms with Crippen LogP contribution in [-0.2, 0) is 9.59 Å². The van der Waals surface area contributed by atoms with Gasteiger partial charge in [0.05, 0.1) is 5.92 Å². The van der Waals surface area contributed by atoms with Crippen molar-refractivity contribution in [2.45, 2.75) is 31.7 Å². The van der Waals surface area contributed by atoms with Crippen LogP contribution in [0.2, 0.25) is 0 Å². The van der Waals surface area contributed by atoms with Crippen molar-refractivity contribution < 1.29 is 19.5 Å². The highest BCUT2D eigenvalue weighted by molar-refractivity contribution is 5.90. The second-order valence-electron chi connectivity index (χ2n) is 6.67. The summed E-state index contributed by atoms with van der Waals surface area (Å²) in [4.78, 5) is 39.3. The molecular weight excluding hydrogens is 322 g/mol. The maximum absolute atomic E-state index is 12.7. The molecule has 0 radical (unpaired) electrons. The summed E-state index contributed by atoms with van der Waals surface area (Å²) in [6, 6.07) is 9.02. The predicted molar refractivity (Wildman–Crippen MR) is 92.1 cm³/mol. The van der Waals surface area contributed by atoms with E-state index in [-0.39, 0.29) is 30.4 Å². The zero-order chi connectivity index (χ0) is 17.8. The molecule has 7 nitrogen and oxygen atoms in total. The number of carbonyl (C=O) groups excluding carboxylic acids is 2. The number of nitrogens with one attached hydrogen (secondary N) is 1. The molecule has 3 rings (SSSR count). The summed E-state index contributed by atoms with van der Waals surface area (Å²) >= 11 is 0. The van der Waals surface area contributed by atoms with E-state index in [1.54, 1.807) is 4.90 Å². The highest BCUT2D eigenvalue weighted by Gasteiger charge is 2.38. The van der Waals surface area contributed by atoms with Gasteiger partial charge in [0.1, 0.15) is 6.54 Å². The molecule has 1 unspecified atom stereocenters. The van der Waals surface area contributed by atoms with Gasteiger partial charge in [-0.2, -0.15) is 0 Å². The first-order valence-corrected chi connectivity index (χ1v) is 8.68. The number of anilines is 1. The van der Waals surface area contributed by atoms with Crippen molar-refractivity contribution >= 4 is 23.6 Å². The Hall–Kier alpha value is -2.57. The SMILES string of the molecule is O=C(O)CN(C(=O)C1CCCN(C(=O)Nc2ccccc2)C1)C1CC1. The first-order valence-electron chi connectivity index (χ1n) is 8.68. The van der Waals surface area contributed by atoms with Crippen LogP contribution >= 0.6 is 0 Å². The minimum Gasteiger partial charge on any atom is -0.480 e. The number of rotatable bonds is 5. The summed E-state index contributed by atoms with van der Waals surface area (Å²) in [6.45, 7) is 0.682. The highest BCUT2D eigenvalue weighted by atomic mass is 16.4. The van der Waals surface area contributed by atoms with Crippen LogP contribution in [0.1, 0.15) is 25.7 Å². The van der Waals surface area contributed by atoms with E-state index in [4.69, 9.17) is 5.11 Å². The van der Waals surface area contributed by atoms with E-state index in [0.29, 0.717) is 25.2 Å². The van der Waals surface area contributed by atoms with Gasteiger partial charge in [-0.3, -0.25) is 9.59 Å². The third kappa shape index (κ3) is 4.49. The monoisotopic (exact) mass is 345 g/mol. The van der Waals surface area contributed by atoms with Crippen molar-refractivity contribution in [2.75, 3.05) is 25.0 Å². The zero-order valence-corrected chi connectivity index (χ0v) is 14.1. The molecule has 1 aliphatic heterocycles. The Morgan fingerprint density at radius 1 is 1.16 bits per heavy atom. The van der Waals surface area contributed by atoms with Crippen LogP contribution in [0, 0.1) is 5.92 Å². The number of likely N-dealkylation sites (tertiary alicyclic amines) is 1. The summed E-state index contributed by atoms with van der Waals surface area (Å²) in [5.41, 5.74) is 0.714. The van der Waals surface area contributed by atoms with E-state index in [1.807, 2.05) is 30.3 Å². The van der Waals surface area contributed by atoms with Gasteiger partial charge in [0.25, 0.3) is 0 Å². The highest BCUT2D eigenvalue weighted by Crippen LogP contribution is 2.30. The van der Waals surface area contributed by atoms with E-state index >= 15 is 0 Å². The summed E-state index contributed by atoms with van der Waals surface area (Å²) in [6.07, 6.45) is 3.16. The molecule has 0 bridgehead atoms. The molecule has 1 aliphatic carbocycles. The number of carbonyl (C=O) groups is 3. The summed E-state index contributed by atoms with van der Waals surface area (Å²) in [5.74, 6) is -1.45. The number of urea groups is 1. The smallest absolute Gasteiger partial charge is 0.323 e. The first-order chi connectivity index (χ1) is 12.0. The minimum atomic E-state index is -0.991. The molecule has 7 heteroatoms. The number of aliphatic carboxylic acids is 1. The Balaban J connectivity index is 1.61. The quantitative estimate of drug-likeness (QED) is 0.854. The normalized spacial score (nSPS) is 20.0. The molecule has 1 aromatic carbocycles. The fourth-order valence-corrected chi connectivity index (χ4v) is 3.24. The van der Waals surface area contributed by atoms with Crippen LogP contribution in [0.25, 0.3) is 0 Å². The summed E-state index contributed by atoms with van der Waals surface area (Å²) in [5, 5.41) is 11.9. The van der Waals surface area contributed by atoms with Crippen molar-refractivity contribution in [2.24, 2.45) is 5.92 Å². The van der Waals surface area contributed by atoms with Crippen LogP contribution in [-0.4, -0.2) is 58.5 Å². The maximum Gasteiger partial charge on any atom is 0.323 e. The van der Waals surface area contributed by atoms with Gasteiger partial charge in [-0.1, -0.05) is 18.2 Å². The van der Waals surface area contributed by atoms with E-state index in [9.17, 15) is 14.4 Å². The molecular formula is C18H23N3O4. The zero-order valence-electron chi connectivity index (χ0n) is 14.1. The third-order valence-corrected chi connectivity index (χ3v) is 4.66. The molecule has 2 N–H and O–H groups in total. The van der Waals surface area contributed by atoms with Crippen LogP contribution < -0.4 is 5.32 Å². The molecule has 0 aromatic heterocycles. The molecule has 134 valence electrons. The summed E-state index contributed by atoms with van der Waals surface area (Å²) < 4.78 is 0. The Labute approximate surface area is 146 Å². The minimum absolute atomic E-state index is 0.0529. The largest absolute Gasteiger partial charge is 0.480 e. The number of amides is 3. The van der Waals surface area contributed by atoms with Gasteiger partial charge < -0.3 is 20.2 Å². The van der Waals surface area contributed by atoms with Crippen LogP contribution in [0.5, 0.6) is 0 Å². The van der Waals surface area contributed by atoms with E-state index in [1.165, 1.54) is 4.90 Å². The lowest BCUT2D eigenvalue weighted by molar-refractivity contribution is -0.147. The maximum atomic E-state index is 12.7. The molecule has 1 saturated carbocycles. The standard InChI is InChI=1S/C18H23N3O4/c22-16(23)12-21(15-8-9-15)17(24)13-5-4-10-20(11-13)18(25)19-14-6-2-1-3-7-14/h1-3,6-7,13,15H,4-5,8-12H2,(H,19,25)(H,22,23). The molecule has 0 spiro atoms. The Morgan fingerprint density at radius 3 is 2.52 bits per heavy atom.